The molecule has 1 aliphatic rings. The van der Waals surface area contributed by atoms with Gasteiger partial charge in [0.2, 0.25) is 5.95 Å². The van der Waals surface area contributed by atoms with E-state index in [1.54, 1.807) is 0 Å². The summed E-state index contributed by atoms with van der Waals surface area (Å²) in [5.74, 6) is 1.04. The van der Waals surface area contributed by atoms with E-state index in [9.17, 15) is 0 Å². The summed E-state index contributed by atoms with van der Waals surface area (Å²) >= 11 is 0. The van der Waals surface area contributed by atoms with E-state index in [0.717, 1.165) is 30.8 Å². The predicted molar refractivity (Wildman–Crippen MR) is 63.0 cm³/mol. The summed E-state index contributed by atoms with van der Waals surface area (Å²) in [6.07, 6.45) is 2.22. The highest BCUT2D eigenvalue weighted by molar-refractivity contribution is 5.70. The Labute approximate surface area is 93.1 Å². The van der Waals surface area contributed by atoms with Gasteiger partial charge in [-0.25, -0.2) is 0 Å². The van der Waals surface area contributed by atoms with Crippen LogP contribution in [0, 0.1) is 0 Å². The second-order valence-corrected chi connectivity index (χ2v) is 3.90. The maximum atomic E-state index is 5.52. The van der Waals surface area contributed by atoms with E-state index < -0.39 is 0 Å². The zero-order chi connectivity index (χ0) is 11.0. The number of anilines is 2. The monoisotopic (exact) mass is 215 g/mol. The Bertz CT molecular complexity index is 517. The Balaban J connectivity index is 2.13. The van der Waals surface area contributed by atoms with Gasteiger partial charge in [0.05, 0.1) is 0 Å². The van der Waals surface area contributed by atoms with Gasteiger partial charge in [0, 0.05) is 17.8 Å². The molecule has 16 heavy (non-hydrogen) atoms. The standard InChI is InChI=1S/C11H13N5/c12-11-14-10(15-16-11)8-3-1-5-9-7(8)4-2-6-13-9/h1,3,5,13H,2,4,6H2,(H3,12,14,15,16). The molecule has 0 saturated heterocycles. The average molecular weight is 215 g/mol. The topological polar surface area (TPSA) is 79.6 Å². The van der Waals surface area contributed by atoms with Gasteiger partial charge in [-0.05, 0) is 24.5 Å². The Morgan fingerprint density at radius 3 is 3.06 bits per heavy atom. The van der Waals surface area contributed by atoms with Crippen LogP contribution in [0.2, 0.25) is 0 Å². The minimum absolute atomic E-state index is 0.288. The molecule has 1 aliphatic heterocycles. The fourth-order valence-corrected chi connectivity index (χ4v) is 2.13. The molecule has 4 N–H and O–H groups in total. The van der Waals surface area contributed by atoms with Crippen molar-refractivity contribution in [2.75, 3.05) is 17.6 Å². The number of nitrogen functional groups attached to an aromatic ring is 1. The molecule has 82 valence electrons. The number of aromatic nitrogens is 3. The minimum Gasteiger partial charge on any atom is -0.385 e. The molecule has 5 nitrogen and oxygen atoms in total. The highest BCUT2D eigenvalue weighted by Crippen LogP contribution is 2.30. The zero-order valence-corrected chi connectivity index (χ0v) is 8.83. The van der Waals surface area contributed by atoms with Gasteiger partial charge >= 0.3 is 0 Å². The predicted octanol–water partition coefficient (Wildman–Crippen LogP) is 1.41. The Morgan fingerprint density at radius 2 is 2.25 bits per heavy atom. The van der Waals surface area contributed by atoms with Gasteiger partial charge in [0.15, 0.2) is 5.82 Å². The van der Waals surface area contributed by atoms with E-state index >= 15 is 0 Å². The molecule has 5 heteroatoms. The normalized spacial score (nSPS) is 14.2. The summed E-state index contributed by atoms with van der Waals surface area (Å²) in [5, 5.41) is 10.1. The molecule has 0 unspecified atom stereocenters. The second-order valence-electron chi connectivity index (χ2n) is 3.90. The fraction of sp³-hybridized carbons (Fsp3) is 0.273. The molecular formula is C11H13N5. The van der Waals surface area contributed by atoms with Crippen molar-refractivity contribution in [3.05, 3.63) is 23.8 Å². The largest absolute Gasteiger partial charge is 0.385 e. The molecule has 0 bridgehead atoms. The number of hydrogen-bond donors (Lipinski definition) is 3. The van der Waals surface area contributed by atoms with Gasteiger partial charge in [-0.1, -0.05) is 12.1 Å². The lowest BCUT2D eigenvalue weighted by Gasteiger charge is -2.19. The number of benzene rings is 1. The van der Waals surface area contributed by atoms with Crippen molar-refractivity contribution >= 4 is 11.6 Å². The summed E-state index contributed by atoms with van der Waals surface area (Å²) in [6.45, 7) is 1.04. The molecule has 0 fully saturated rings. The molecule has 2 heterocycles. The summed E-state index contributed by atoms with van der Waals surface area (Å²) < 4.78 is 0. The van der Waals surface area contributed by atoms with E-state index in [-0.39, 0.29) is 5.95 Å². The van der Waals surface area contributed by atoms with Crippen molar-refractivity contribution in [2.45, 2.75) is 12.8 Å². The number of rotatable bonds is 1. The lowest BCUT2D eigenvalue weighted by Crippen LogP contribution is -2.12. The second kappa shape index (κ2) is 3.52. The van der Waals surface area contributed by atoms with E-state index in [1.165, 1.54) is 11.3 Å². The molecule has 0 spiro atoms. The van der Waals surface area contributed by atoms with E-state index in [0.29, 0.717) is 0 Å². The van der Waals surface area contributed by atoms with Crippen LogP contribution >= 0.6 is 0 Å². The number of H-pyrrole nitrogens is 1. The quantitative estimate of drug-likeness (QED) is 0.672. The zero-order valence-electron chi connectivity index (χ0n) is 8.83. The lowest BCUT2D eigenvalue weighted by atomic mass is 9.97. The van der Waals surface area contributed by atoms with E-state index in [2.05, 4.69) is 26.6 Å². The van der Waals surface area contributed by atoms with Crippen molar-refractivity contribution in [3.63, 3.8) is 0 Å². The number of hydrogen-bond acceptors (Lipinski definition) is 4. The molecular weight excluding hydrogens is 202 g/mol. The van der Waals surface area contributed by atoms with Crippen molar-refractivity contribution in [2.24, 2.45) is 0 Å². The highest BCUT2D eigenvalue weighted by atomic mass is 15.3. The summed E-state index contributed by atoms with van der Waals surface area (Å²) in [5.41, 5.74) is 9.10. The highest BCUT2D eigenvalue weighted by Gasteiger charge is 2.15. The molecule has 0 aliphatic carbocycles. The molecule has 2 aromatic rings. The smallest absolute Gasteiger partial charge is 0.239 e. The number of nitrogens with two attached hydrogens (primary N) is 1. The van der Waals surface area contributed by atoms with Gasteiger partial charge in [-0.3, -0.25) is 5.10 Å². The van der Waals surface area contributed by atoms with Gasteiger partial charge in [-0.15, -0.1) is 5.10 Å². The third-order valence-corrected chi connectivity index (χ3v) is 2.85. The SMILES string of the molecule is Nc1n[nH]c(-c2cccc3c2CCCN3)n1. The first-order chi connectivity index (χ1) is 7.84. The van der Waals surface area contributed by atoms with Crippen LogP contribution in [0.25, 0.3) is 11.4 Å². The van der Waals surface area contributed by atoms with Gasteiger partial charge in [-0.2, -0.15) is 4.98 Å². The van der Waals surface area contributed by atoms with Crippen LogP contribution in [-0.2, 0) is 6.42 Å². The molecule has 3 rings (SSSR count). The summed E-state index contributed by atoms with van der Waals surface area (Å²) in [4.78, 5) is 4.17. The number of aromatic amines is 1. The van der Waals surface area contributed by atoms with Gasteiger partial charge in [0.25, 0.3) is 0 Å². The third-order valence-electron chi connectivity index (χ3n) is 2.85. The fourth-order valence-electron chi connectivity index (χ4n) is 2.13. The van der Waals surface area contributed by atoms with Crippen LogP contribution in [0.3, 0.4) is 0 Å². The maximum absolute atomic E-state index is 5.52. The van der Waals surface area contributed by atoms with Crippen molar-refractivity contribution < 1.29 is 0 Å². The minimum atomic E-state index is 0.288. The van der Waals surface area contributed by atoms with Crippen LogP contribution in [0.4, 0.5) is 11.6 Å². The van der Waals surface area contributed by atoms with Gasteiger partial charge < -0.3 is 11.1 Å². The molecule has 1 aromatic carbocycles. The first-order valence-corrected chi connectivity index (χ1v) is 5.38. The lowest BCUT2D eigenvalue weighted by molar-refractivity contribution is 0.830. The third kappa shape index (κ3) is 1.41. The van der Waals surface area contributed by atoms with Crippen LogP contribution < -0.4 is 11.1 Å². The van der Waals surface area contributed by atoms with E-state index in [4.69, 9.17) is 5.73 Å². The molecule has 0 saturated carbocycles. The first-order valence-electron chi connectivity index (χ1n) is 5.38. The van der Waals surface area contributed by atoms with Crippen molar-refractivity contribution in [3.8, 4) is 11.4 Å². The molecule has 0 radical (unpaired) electrons. The van der Waals surface area contributed by atoms with Crippen molar-refractivity contribution in [1.82, 2.24) is 15.2 Å². The Morgan fingerprint density at radius 1 is 1.31 bits per heavy atom. The summed E-state index contributed by atoms with van der Waals surface area (Å²) in [7, 11) is 0. The van der Waals surface area contributed by atoms with Crippen LogP contribution in [0.5, 0.6) is 0 Å². The number of nitrogens with one attached hydrogen (secondary N) is 2. The molecule has 0 amide bonds. The maximum Gasteiger partial charge on any atom is 0.239 e. The number of fused-ring (bicyclic) bond motifs is 1. The first kappa shape index (κ1) is 9.21. The van der Waals surface area contributed by atoms with Crippen LogP contribution in [-0.4, -0.2) is 21.7 Å². The number of nitrogens with zero attached hydrogens (tertiary/aromatic N) is 2. The van der Waals surface area contributed by atoms with Crippen LogP contribution in [0.1, 0.15) is 12.0 Å². The van der Waals surface area contributed by atoms with E-state index in [1.807, 2.05) is 12.1 Å². The molecule has 0 atom stereocenters. The average Bonchev–Trinajstić information content (AvgIpc) is 2.75. The van der Waals surface area contributed by atoms with Crippen LogP contribution in [0.15, 0.2) is 18.2 Å². The summed E-state index contributed by atoms with van der Waals surface area (Å²) in [6, 6.07) is 6.16. The molecule has 1 aromatic heterocycles. The Kier molecular flexibility index (Phi) is 2.02. The van der Waals surface area contributed by atoms with Gasteiger partial charge in [0.1, 0.15) is 0 Å². The van der Waals surface area contributed by atoms with Crippen molar-refractivity contribution in [1.29, 1.82) is 0 Å². The Hall–Kier alpha value is -2.04.